The molecule has 2 N–H and O–H groups in total. The molecule has 0 aliphatic carbocycles. The fourth-order valence-electron chi connectivity index (χ4n) is 3.17. The second-order valence-corrected chi connectivity index (χ2v) is 6.25. The summed E-state index contributed by atoms with van der Waals surface area (Å²) in [4.78, 5) is 11.6. The Morgan fingerprint density at radius 1 is 1.12 bits per heavy atom. The minimum absolute atomic E-state index is 0.0255. The summed E-state index contributed by atoms with van der Waals surface area (Å²) >= 11 is 0. The number of hydrogen-bond acceptors (Lipinski definition) is 3. The van der Waals surface area contributed by atoms with Gasteiger partial charge in [-0.2, -0.15) is 0 Å². The molecular formula is C20H23F2NO2. The average molecular weight is 347 g/mol. The third-order valence-corrected chi connectivity index (χ3v) is 4.11. The Labute approximate surface area is 146 Å². The van der Waals surface area contributed by atoms with E-state index in [-0.39, 0.29) is 18.6 Å². The molecule has 0 bridgehead atoms. The number of esters is 1. The van der Waals surface area contributed by atoms with E-state index in [9.17, 15) is 13.6 Å². The Morgan fingerprint density at radius 2 is 1.72 bits per heavy atom. The molecule has 0 spiro atoms. The minimum Gasteiger partial charge on any atom is -0.466 e. The van der Waals surface area contributed by atoms with Gasteiger partial charge in [-0.15, -0.1) is 0 Å². The summed E-state index contributed by atoms with van der Waals surface area (Å²) in [6.07, 6.45) is -0.209. The molecule has 0 saturated carbocycles. The number of ether oxygens (including phenoxy) is 1. The van der Waals surface area contributed by atoms with E-state index in [0.29, 0.717) is 5.56 Å². The molecule has 0 aliphatic rings. The van der Waals surface area contributed by atoms with Crippen molar-refractivity contribution < 1.29 is 18.3 Å². The topological polar surface area (TPSA) is 52.3 Å². The van der Waals surface area contributed by atoms with Gasteiger partial charge < -0.3 is 10.5 Å². The van der Waals surface area contributed by atoms with E-state index >= 15 is 0 Å². The van der Waals surface area contributed by atoms with Crippen LogP contribution in [0, 0.1) is 32.4 Å². The first-order valence-electron chi connectivity index (χ1n) is 8.23. The van der Waals surface area contributed by atoms with Crippen molar-refractivity contribution in [1.29, 1.82) is 0 Å². The fourth-order valence-corrected chi connectivity index (χ4v) is 3.17. The van der Waals surface area contributed by atoms with E-state index in [1.807, 2.05) is 32.9 Å². The first-order valence-corrected chi connectivity index (χ1v) is 8.23. The molecule has 0 aliphatic heterocycles. The van der Waals surface area contributed by atoms with Gasteiger partial charge in [0.1, 0.15) is 0 Å². The van der Waals surface area contributed by atoms with Crippen LogP contribution in [0.4, 0.5) is 8.78 Å². The quantitative estimate of drug-likeness (QED) is 0.810. The van der Waals surface area contributed by atoms with Gasteiger partial charge in [0.2, 0.25) is 0 Å². The molecule has 2 aromatic rings. The zero-order chi connectivity index (χ0) is 18.7. The third-order valence-electron chi connectivity index (χ3n) is 4.11. The number of carbonyl (C=O) groups excluding carboxylic acids is 1. The maximum atomic E-state index is 14.2. The lowest BCUT2D eigenvalue weighted by atomic mass is 9.91. The number of hydrogen-bond donors (Lipinski definition) is 1. The van der Waals surface area contributed by atoms with Gasteiger partial charge in [0, 0.05) is 11.6 Å². The van der Waals surface area contributed by atoms with Gasteiger partial charge in [0.15, 0.2) is 11.6 Å². The number of aryl methyl sites for hydroxylation is 3. The first-order chi connectivity index (χ1) is 11.7. The summed E-state index contributed by atoms with van der Waals surface area (Å²) in [7, 11) is 0. The van der Waals surface area contributed by atoms with Gasteiger partial charge in [0.05, 0.1) is 13.0 Å². The minimum atomic E-state index is -1.03. The highest BCUT2D eigenvalue weighted by Crippen LogP contribution is 2.32. The second-order valence-electron chi connectivity index (χ2n) is 6.25. The van der Waals surface area contributed by atoms with Crippen LogP contribution in [0.2, 0.25) is 0 Å². The number of benzene rings is 2. The van der Waals surface area contributed by atoms with Gasteiger partial charge in [-0.05, 0) is 62.1 Å². The van der Waals surface area contributed by atoms with Crippen molar-refractivity contribution in [2.45, 2.75) is 40.2 Å². The molecule has 0 radical (unpaired) electrons. The largest absolute Gasteiger partial charge is 0.466 e. The molecule has 0 heterocycles. The SMILES string of the molecule is CCOC(=O)C[C@H](N)c1cc(-c2c(C)cc(C)cc2C)cc(F)c1F. The molecule has 1 atom stereocenters. The second kappa shape index (κ2) is 7.74. The van der Waals surface area contributed by atoms with Crippen LogP contribution in [0.25, 0.3) is 11.1 Å². The third kappa shape index (κ3) is 4.23. The predicted molar refractivity (Wildman–Crippen MR) is 94.2 cm³/mol. The Balaban J connectivity index is 2.50. The highest BCUT2D eigenvalue weighted by Gasteiger charge is 2.21. The van der Waals surface area contributed by atoms with E-state index in [1.165, 1.54) is 12.1 Å². The zero-order valence-electron chi connectivity index (χ0n) is 15.0. The van der Waals surface area contributed by atoms with Gasteiger partial charge in [-0.25, -0.2) is 8.78 Å². The lowest BCUT2D eigenvalue weighted by Gasteiger charge is -2.17. The van der Waals surface area contributed by atoms with Crippen molar-refractivity contribution >= 4 is 5.97 Å². The highest BCUT2D eigenvalue weighted by molar-refractivity contribution is 5.73. The van der Waals surface area contributed by atoms with Gasteiger partial charge in [-0.3, -0.25) is 4.79 Å². The molecule has 0 aromatic heterocycles. The molecule has 3 nitrogen and oxygen atoms in total. The van der Waals surface area contributed by atoms with Crippen LogP contribution in [-0.2, 0) is 9.53 Å². The molecule has 0 amide bonds. The zero-order valence-corrected chi connectivity index (χ0v) is 15.0. The van der Waals surface area contributed by atoms with E-state index in [2.05, 4.69) is 0 Å². The van der Waals surface area contributed by atoms with Crippen molar-refractivity contribution in [1.82, 2.24) is 0 Å². The van der Waals surface area contributed by atoms with Crippen LogP contribution in [0.5, 0.6) is 0 Å². The predicted octanol–water partition coefficient (Wildman–Crippen LogP) is 4.51. The highest BCUT2D eigenvalue weighted by atomic mass is 19.2. The molecule has 0 fully saturated rings. The fraction of sp³-hybridized carbons (Fsp3) is 0.350. The van der Waals surface area contributed by atoms with Crippen LogP contribution in [0.3, 0.4) is 0 Å². The van der Waals surface area contributed by atoms with Crippen LogP contribution in [0.1, 0.15) is 41.6 Å². The van der Waals surface area contributed by atoms with Gasteiger partial charge >= 0.3 is 5.97 Å². The molecule has 2 aromatic carbocycles. The average Bonchev–Trinajstić information content (AvgIpc) is 2.49. The van der Waals surface area contributed by atoms with E-state index in [4.69, 9.17) is 10.5 Å². The van der Waals surface area contributed by atoms with Crippen LogP contribution in [0.15, 0.2) is 24.3 Å². The first kappa shape index (κ1) is 19.1. The molecular weight excluding hydrogens is 324 g/mol. The number of halogens is 2. The van der Waals surface area contributed by atoms with Crippen molar-refractivity contribution in [3.8, 4) is 11.1 Å². The summed E-state index contributed by atoms with van der Waals surface area (Å²) in [5.41, 5.74) is 10.3. The van der Waals surface area contributed by atoms with Crippen LogP contribution >= 0.6 is 0 Å². The molecule has 2 rings (SSSR count). The lowest BCUT2D eigenvalue weighted by Crippen LogP contribution is -2.19. The summed E-state index contributed by atoms with van der Waals surface area (Å²) in [5, 5.41) is 0. The number of carbonyl (C=O) groups is 1. The summed E-state index contributed by atoms with van der Waals surface area (Å²) in [6, 6.07) is 5.69. The Morgan fingerprint density at radius 3 is 2.28 bits per heavy atom. The molecule has 134 valence electrons. The Bertz CT molecular complexity index is 780. The van der Waals surface area contributed by atoms with E-state index < -0.39 is 23.6 Å². The Hall–Kier alpha value is -2.27. The van der Waals surface area contributed by atoms with Crippen molar-refractivity contribution in [2.75, 3.05) is 6.61 Å². The smallest absolute Gasteiger partial charge is 0.307 e. The number of rotatable bonds is 5. The summed E-state index contributed by atoms with van der Waals surface area (Å²) in [6.45, 7) is 7.72. The lowest BCUT2D eigenvalue weighted by molar-refractivity contribution is -0.143. The van der Waals surface area contributed by atoms with Crippen LogP contribution in [-0.4, -0.2) is 12.6 Å². The maximum Gasteiger partial charge on any atom is 0.307 e. The maximum absolute atomic E-state index is 14.2. The normalized spacial score (nSPS) is 12.1. The standard InChI is InChI=1S/C20H23F2NO2/c1-5-25-18(24)10-17(23)15-8-14(9-16(21)20(15)22)19-12(3)6-11(2)7-13(19)4/h6-9,17H,5,10,23H2,1-4H3/t17-/m0/s1. The monoisotopic (exact) mass is 347 g/mol. The molecule has 5 heteroatoms. The van der Waals surface area contributed by atoms with Gasteiger partial charge in [0.25, 0.3) is 0 Å². The van der Waals surface area contributed by atoms with Crippen molar-refractivity contribution in [2.24, 2.45) is 5.73 Å². The summed E-state index contributed by atoms with van der Waals surface area (Å²) < 4.78 is 33.2. The molecule has 0 unspecified atom stereocenters. The van der Waals surface area contributed by atoms with Gasteiger partial charge in [-0.1, -0.05) is 17.7 Å². The molecule has 0 saturated heterocycles. The van der Waals surface area contributed by atoms with Crippen molar-refractivity contribution in [3.63, 3.8) is 0 Å². The van der Waals surface area contributed by atoms with E-state index in [0.717, 1.165) is 22.3 Å². The molecule has 25 heavy (non-hydrogen) atoms. The van der Waals surface area contributed by atoms with Crippen LogP contribution < -0.4 is 5.73 Å². The van der Waals surface area contributed by atoms with Crippen molar-refractivity contribution in [3.05, 3.63) is 58.2 Å². The Kier molecular flexibility index (Phi) is 5.90. The number of nitrogens with two attached hydrogens (primary N) is 1. The van der Waals surface area contributed by atoms with E-state index in [1.54, 1.807) is 6.92 Å². The summed E-state index contributed by atoms with van der Waals surface area (Å²) in [5.74, 6) is -2.54.